The largest absolute Gasteiger partial charge is 0.339 e. The van der Waals surface area contributed by atoms with E-state index in [0.29, 0.717) is 37.4 Å². The van der Waals surface area contributed by atoms with Crippen molar-refractivity contribution < 1.29 is 9.59 Å². The lowest BCUT2D eigenvalue weighted by atomic mass is 9.95. The summed E-state index contributed by atoms with van der Waals surface area (Å²) in [4.78, 5) is 27.0. The van der Waals surface area contributed by atoms with Crippen LogP contribution in [-0.2, 0) is 4.79 Å². The van der Waals surface area contributed by atoms with Gasteiger partial charge in [0.2, 0.25) is 5.91 Å². The lowest BCUT2D eigenvalue weighted by molar-refractivity contribution is -0.121. The lowest BCUT2D eigenvalue weighted by Gasteiger charge is -2.31. The number of piperidine rings is 1. The van der Waals surface area contributed by atoms with Crippen molar-refractivity contribution in [2.24, 2.45) is 5.92 Å². The number of rotatable bonds is 4. The highest BCUT2D eigenvalue weighted by Gasteiger charge is 2.27. The van der Waals surface area contributed by atoms with E-state index in [9.17, 15) is 9.59 Å². The smallest absolute Gasteiger partial charge is 0.253 e. The standard InChI is InChI=1S/C22H25BrN2O2/c1-15(2)16-5-9-20(10-6-16)24-21(26)17-11-13-25(14-12-17)22(27)18-3-7-19(23)8-4-18/h3-10,15,17H,11-14H2,1-2H3,(H,24,26). The quantitative estimate of drug-likeness (QED) is 0.739. The Balaban J connectivity index is 1.53. The summed E-state index contributed by atoms with van der Waals surface area (Å²) in [5.74, 6) is 0.500. The number of hydrogen-bond donors (Lipinski definition) is 1. The molecule has 4 nitrogen and oxygen atoms in total. The van der Waals surface area contributed by atoms with Crippen LogP contribution in [0.2, 0.25) is 0 Å². The van der Waals surface area contributed by atoms with Crippen LogP contribution in [-0.4, -0.2) is 29.8 Å². The fraction of sp³-hybridized carbons (Fsp3) is 0.364. The van der Waals surface area contributed by atoms with Gasteiger partial charge in [-0.25, -0.2) is 0 Å². The predicted molar refractivity (Wildman–Crippen MR) is 112 cm³/mol. The minimum Gasteiger partial charge on any atom is -0.339 e. The Labute approximate surface area is 169 Å². The van der Waals surface area contributed by atoms with Crippen LogP contribution in [0.5, 0.6) is 0 Å². The molecule has 0 atom stereocenters. The van der Waals surface area contributed by atoms with Crippen molar-refractivity contribution in [3.05, 3.63) is 64.1 Å². The van der Waals surface area contributed by atoms with Gasteiger partial charge < -0.3 is 10.2 Å². The molecule has 1 fully saturated rings. The molecule has 3 rings (SSSR count). The maximum Gasteiger partial charge on any atom is 0.253 e. The molecule has 2 aromatic rings. The highest BCUT2D eigenvalue weighted by Crippen LogP contribution is 2.23. The summed E-state index contributed by atoms with van der Waals surface area (Å²) in [6.45, 7) is 5.52. The molecule has 142 valence electrons. The number of carbonyl (C=O) groups is 2. The Morgan fingerprint density at radius 2 is 1.59 bits per heavy atom. The van der Waals surface area contributed by atoms with E-state index in [1.807, 2.05) is 41.3 Å². The summed E-state index contributed by atoms with van der Waals surface area (Å²) in [6, 6.07) is 15.4. The second-order valence-corrected chi connectivity index (χ2v) is 8.26. The van der Waals surface area contributed by atoms with Gasteiger partial charge in [0.05, 0.1) is 0 Å². The summed E-state index contributed by atoms with van der Waals surface area (Å²) < 4.78 is 0.954. The first kappa shape index (κ1) is 19.6. The van der Waals surface area contributed by atoms with Gasteiger partial charge in [-0.15, -0.1) is 0 Å². The number of nitrogens with one attached hydrogen (secondary N) is 1. The third kappa shape index (κ3) is 4.98. The lowest BCUT2D eigenvalue weighted by Crippen LogP contribution is -2.41. The first-order valence-electron chi connectivity index (χ1n) is 9.39. The molecule has 27 heavy (non-hydrogen) atoms. The molecule has 0 unspecified atom stereocenters. The first-order chi connectivity index (χ1) is 12.9. The molecule has 1 saturated heterocycles. The molecule has 1 N–H and O–H groups in total. The average Bonchev–Trinajstić information content (AvgIpc) is 2.68. The topological polar surface area (TPSA) is 49.4 Å². The number of nitrogens with zero attached hydrogens (tertiary/aromatic N) is 1. The van der Waals surface area contributed by atoms with Crippen LogP contribution in [0, 0.1) is 5.92 Å². The molecule has 0 radical (unpaired) electrons. The SMILES string of the molecule is CC(C)c1ccc(NC(=O)C2CCN(C(=O)c3ccc(Br)cc3)CC2)cc1. The maximum atomic E-state index is 12.6. The van der Waals surface area contributed by atoms with Crippen LogP contribution < -0.4 is 5.32 Å². The van der Waals surface area contributed by atoms with Crippen molar-refractivity contribution in [1.29, 1.82) is 0 Å². The fourth-order valence-electron chi connectivity index (χ4n) is 3.32. The van der Waals surface area contributed by atoms with Gasteiger partial charge in [0.25, 0.3) is 5.91 Å². The molecule has 1 aliphatic heterocycles. The highest BCUT2D eigenvalue weighted by molar-refractivity contribution is 9.10. The summed E-state index contributed by atoms with van der Waals surface area (Å²) >= 11 is 3.38. The predicted octanol–water partition coefficient (Wildman–Crippen LogP) is 5.06. The van der Waals surface area contributed by atoms with E-state index in [1.54, 1.807) is 0 Å². The van der Waals surface area contributed by atoms with Crippen molar-refractivity contribution in [2.75, 3.05) is 18.4 Å². The minimum atomic E-state index is -0.0521. The number of halogens is 1. The molecule has 0 aliphatic carbocycles. The van der Waals surface area contributed by atoms with Crippen LogP contribution in [0.15, 0.2) is 53.0 Å². The van der Waals surface area contributed by atoms with Crippen molar-refractivity contribution in [2.45, 2.75) is 32.6 Å². The van der Waals surface area contributed by atoms with Crippen LogP contribution in [0.4, 0.5) is 5.69 Å². The highest BCUT2D eigenvalue weighted by atomic mass is 79.9. The summed E-state index contributed by atoms with van der Waals surface area (Å²) in [6.07, 6.45) is 1.39. The van der Waals surface area contributed by atoms with Crippen molar-refractivity contribution in [3.63, 3.8) is 0 Å². The normalized spacial score (nSPS) is 15.0. The van der Waals surface area contributed by atoms with E-state index in [-0.39, 0.29) is 17.7 Å². The van der Waals surface area contributed by atoms with Gasteiger partial charge >= 0.3 is 0 Å². The van der Waals surface area contributed by atoms with E-state index in [0.717, 1.165) is 10.2 Å². The van der Waals surface area contributed by atoms with E-state index in [1.165, 1.54) is 5.56 Å². The van der Waals surface area contributed by atoms with Gasteiger partial charge in [0.15, 0.2) is 0 Å². The Bertz CT molecular complexity index is 792. The van der Waals surface area contributed by atoms with E-state index in [2.05, 4.69) is 47.2 Å². The fourth-order valence-corrected chi connectivity index (χ4v) is 3.58. The summed E-state index contributed by atoms with van der Waals surface area (Å²) in [5.41, 5.74) is 2.77. The summed E-state index contributed by atoms with van der Waals surface area (Å²) in [7, 11) is 0. The third-order valence-corrected chi connectivity index (χ3v) is 5.62. The molecular weight excluding hydrogens is 404 g/mol. The number of carbonyl (C=O) groups excluding carboxylic acids is 2. The number of amides is 2. The Kier molecular flexibility index (Phi) is 6.32. The Morgan fingerprint density at radius 1 is 1.00 bits per heavy atom. The number of hydrogen-bond acceptors (Lipinski definition) is 2. The van der Waals surface area contributed by atoms with Crippen molar-refractivity contribution in [3.8, 4) is 0 Å². The average molecular weight is 429 g/mol. The van der Waals surface area contributed by atoms with Gasteiger partial charge in [-0.2, -0.15) is 0 Å². The Hall–Kier alpha value is -2.14. The maximum absolute atomic E-state index is 12.6. The van der Waals surface area contributed by atoms with Gasteiger partial charge in [0.1, 0.15) is 0 Å². The molecule has 5 heteroatoms. The van der Waals surface area contributed by atoms with Gasteiger partial charge in [0, 0.05) is 34.7 Å². The monoisotopic (exact) mass is 428 g/mol. The molecule has 2 aromatic carbocycles. The van der Waals surface area contributed by atoms with E-state index in [4.69, 9.17) is 0 Å². The van der Waals surface area contributed by atoms with E-state index < -0.39 is 0 Å². The third-order valence-electron chi connectivity index (χ3n) is 5.09. The number of benzene rings is 2. The van der Waals surface area contributed by atoms with Gasteiger partial charge in [-0.3, -0.25) is 9.59 Å². The molecule has 0 aromatic heterocycles. The van der Waals surface area contributed by atoms with Crippen LogP contribution in [0.3, 0.4) is 0 Å². The molecule has 0 saturated carbocycles. The Morgan fingerprint density at radius 3 is 2.15 bits per heavy atom. The minimum absolute atomic E-state index is 0.0330. The molecule has 0 bridgehead atoms. The van der Waals surface area contributed by atoms with E-state index >= 15 is 0 Å². The van der Waals surface area contributed by atoms with Crippen LogP contribution in [0.25, 0.3) is 0 Å². The zero-order valence-electron chi connectivity index (χ0n) is 15.7. The zero-order valence-corrected chi connectivity index (χ0v) is 17.3. The molecular formula is C22H25BrN2O2. The van der Waals surface area contributed by atoms with Crippen molar-refractivity contribution >= 4 is 33.4 Å². The molecule has 2 amide bonds. The molecule has 0 spiro atoms. The zero-order chi connectivity index (χ0) is 19.4. The number of likely N-dealkylation sites (tertiary alicyclic amines) is 1. The van der Waals surface area contributed by atoms with Crippen LogP contribution >= 0.6 is 15.9 Å². The number of anilines is 1. The van der Waals surface area contributed by atoms with Crippen LogP contribution in [0.1, 0.15) is 48.5 Å². The second-order valence-electron chi connectivity index (χ2n) is 7.34. The molecule has 1 heterocycles. The van der Waals surface area contributed by atoms with Gasteiger partial charge in [-0.1, -0.05) is 41.9 Å². The summed E-state index contributed by atoms with van der Waals surface area (Å²) in [5, 5.41) is 3.01. The molecule has 1 aliphatic rings. The second kappa shape index (κ2) is 8.70. The van der Waals surface area contributed by atoms with Crippen molar-refractivity contribution in [1.82, 2.24) is 4.90 Å². The first-order valence-corrected chi connectivity index (χ1v) is 10.2. The van der Waals surface area contributed by atoms with Gasteiger partial charge in [-0.05, 0) is 60.7 Å².